The van der Waals surface area contributed by atoms with Crippen molar-refractivity contribution < 1.29 is 27.1 Å². The summed E-state index contributed by atoms with van der Waals surface area (Å²) in [5.74, 6) is -0.797. The van der Waals surface area contributed by atoms with Gasteiger partial charge in [0.2, 0.25) is 5.82 Å². The summed E-state index contributed by atoms with van der Waals surface area (Å²) in [6, 6.07) is 3.83. The molecule has 2 amide bonds. The van der Waals surface area contributed by atoms with Gasteiger partial charge in [-0.25, -0.2) is 9.78 Å². The number of likely N-dealkylation sites (tertiary alicyclic amines) is 1. The van der Waals surface area contributed by atoms with E-state index < -0.39 is 29.7 Å². The van der Waals surface area contributed by atoms with Crippen molar-refractivity contribution >= 4 is 11.7 Å². The third-order valence-electron chi connectivity index (χ3n) is 4.32. The van der Waals surface area contributed by atoms with E-state index in [4.69, 9.17) is 4.74 Å². The summed E-state index contributed by atoms with van der Waals surface area (Å²) in [6.45, 7) is 2.24. The van der Waals surface area contributed by atoms with Crippen molar-refractivity contribution in [1.29, 1.82) is 0 Å². The number of ether oxygens (including phenoxy) is 1. The van der Waals surface area contributed by atoms with Crippen LogP contribution in [0.15, 0.2) is 30.6 Å². The van der Waals surface area contributed by atoms with Crippen molar-refractivity contribution in [2.45, 2.75) is 32.0 Å². The normalized spacial score (nSPS) is 16.9. The van der Waals surface area contributed by atoms with Crippen molar-refractivity contribution in [1.82, 2.24) is 14.9 Å². The van der Waals surface area contributed by atoms with Gasteiger partial charge in [0.25, 0.3) is 5.88 Å². The van der Waals surface area contributed by atoms with Crippen molar-refractivity contribution in [3.8, 4) is 5.88 Å². The Labute approximate surface area is 158 Å². The van der Waals surface area contributed by atoms with Gasteiger partial charge in [0.15, 0.2) is 0 Å². The minimum Gasteiger partial charge on any atom is -0.470 e. The molecule has 2 heterocycles. The highest BCUT2D eigenvalue weighted by Gasteiger charge is 2.32. The van der Waals surface area contributed by atoms with E-state index in [1.165, 1.54) is 23.4 Å². The molecule has 0 bridgehead atoms. The number of alkyl halides is 3. The van der Waals surface area contributed by atoms with Crippen LogP contribution in [0.2, 0.25) is 0 Å². The first-order valence-electron chi connectivity index (χ1n) is 8.67. The Morgan fingerprint density at radius 3 is 2.86 bits per heavy atom. The molecule has 1 fully saturated rings. The molecule has 2 aromatic rings. The highest BCUT2D eigenvalue weighted by atomic mass is 19.4. The smallest absolute Gasteiger partial charge is 0.416 e. The summed E-state index contributed by atoms with van der Waals surface area (Å²) < 4.78 is 58.0. The van der Waals surface area contributed by atoms with Crippen LogP contribution < -0.4 is 10.1 Å². The highest BCUT2D eigenvalue weighted by Crippen LogP contribution is 2.31. The molecule has 0 aliphatic carbocycles. The summed E-state index contributed by atoms with van der Waals surface area (Å²) in [4.78, 5) is 21.3. The van der Waals surface area contributed by atoms with E-state index in [0.29, 0.717) is 19.4 Å². The number of amides is 2. The number of anilines is 1. The maximum atomic E-state index is 14.2. The molecule has 0 spiro atoms. The number of nitrogens with zero attached hydrogens (tertiary/aromatic N) is 3. The third-order valence-corrected chi connectivity index (χ3v) is 4.32. The fourth-order valence-corrected chi connectivity index (χ4v) is 2.86. The Bertz CT molecular complexity index is 860. The molecule has 150 valence electrons. The van der Waals surface area contributed by atoms with Crippen molar-refractivity contribution in [2.24, 2.45) is 0 Å². The molecule has 0 saturated carbocycles. The quantitative estimate of drug-likeness (QED) is 0.794. The first-order valence-corrected chi connectivity index (χ1v) is 8.67. The largest absolute Gasteiger partial charge is 0.470 e. The van der Waals surface area contributed by atoms with Crippen LogP contribution in [0.5, 0.6) is 5.88 Å². The number of halogens is 4. The molecular weight excluding hydrogens is 380 g/mol. The van der Waals surface area contributed by atoms with E-state index in [1.54, 1.807) is 6.92 Å². The molecule has 1 aromatic carbocycles. The molecule has 10 heteroatoms. The lowest BCUT2D eigenvalue weighted by atomic mass is 10.2. The monoisotopic (exact) mass is 398 g/mol. The molecule has 1 aliphatic heterocycles. The van der Waals surface area contributed by atoms with Crippen LogP contribution in [-0.4, -0.2) is 40.1 Å². The van der Waals surface area contributed by atoms with Crippen molar-refractivity contribution in [2.75, 3.05) is 18.4 Å². The maximum absolute atomic E-state index is 14.2. The molecule has 0 radical (unpaired) electrons. The van der Waals surface area contributed by atoms with E-state index in [0.717, 1.165) is 12.1 Å². The lowest BCUT2D eigenvalue weighted by molar-refractivity contribution is -0.137. The van der Waals surface area contributed by atoms with Gasteiger partial charge in [-0.3, -0.25) is 0 Å². The number of aromatic nitrogens is 2. The number of benzene rings is 1. The van der Waals surface area contributed by atoms with Gasteiger partial charge in [0.05, 0.1) is 17.8 Å². The number of hydrogen-bond donors (Lipinski definition) is 1. The second kappa shape index (κ2) is 7.99. The number of hydrogen-bond acceptors (Lipinski definition) is 4. The lowest BCUT2D eigenvalue weighted by Crippen LogP contribution is -2.34. The van der Waals surface area contributed by atoms with Crippen LogP contribution >= 0.6 is 0 Å². The lowest BCUT2D eigenvalue weighted by Gasteiger charge is -2.18. The van der Waals surface area contributed by atoms with E-state index in [9.17, 15) is 22.4 Å². The van der Waals surface area contributed by atoms with E-state index >= 15 is 0 Å². The summed E-state index contributed by atoms with van der Waals surface area (Å²) in [5.41, 5.74) is -0.570. The highest BCUT2D eigenvalue weighted by molar-refractivity contribution is 5.89. The van der Waals surface area contributed by atoms with Gasteiger partial charge in [0, 0.05) is 18.7 Å². The predicted molar refractivity (Wildman–Crippen MR) is 92.4 cm³/mol. The second-order valence-electron chi connectivity index (χ2n) is 6.28. The Morgan fingerprint density at radius 2 is 2.14 bits per heavy atom. The number of aryl methyl sites for hydroxylation is 1. The zero-order valence-electron chi connectivity index (χ0n) is 15.0. The Morgan fingerprint density at radius 1 is 1.36 bits per heavy atom. The first-order chi connectivity index (χ1) is 13.3. The topological polar surface area (TPSA) is 67.4 Å². The van der Waals surface area contributed by atoms with Crippen LogP contribution in [-0.2, 0) is 12.6 Å². The van der Waals surface area contributed by atoms with Crippen molar-refractivity contribution in [3.05, 3.63) is 47.7 Å². The van der Waals surface area contributed by atoms with E-state index in [-0.39, 0.29) is 23.8 Å². The summed E-state index contributed by atoms with van der Waals surface area (Å²) in [5, 5.41) is 2.44. The summed E-state index contributed by atoms with van der Waals surface area (Å²) >= 11 is 0. The van der Waals surface area contributed by atoms with E-state index in [2.05, 4.69) is 15.3 Å². The second-order valence-corrected chi connectivity index (χ2v) is 6.28. The minimum absolute atomic E-state index is 0.0404. The standard InChI is InChI=1S/C18H18F4N4O2/c1-2-14-15(19)16(24-10-23-14)28-13-6-7-26(9-13)17(27)25-12-5-3-4-11(8-12)18(20,21)22/h3-5,8,10,13H,2,6-7,9H2,1H3,(H,25,27)/t13-/m0/s1. The first kappa shape index (κ1) is 19.8. The summed E-state index contributed by atoms with van der Waals surface area (Å²) in [7, 11) is 0. The zero-order valence-corrected chi connectivity index (χ0v) is 15.0. The van der Waals surface area contributed by atoms with Crippen LogP contribution in [0, 0.1) is 5.82 Å². The van der Waals surface area contributed by atoms with Gasteiger partial charge in [0.1, 0.15) is 12.4 Å². The van der Waals surface area contributed by atoms with Gasteiger partial charge in [-0.15, -0.1) is 0 Å². The molecule has 1 saturated heterocycles. The van der Waals surface area contributed by atoms with Crippen LogP contribution in [0.4, 0.5) is 28.0 Å². The molecule has 1 atom stereocenters. The van der Waals surface area contributed by atoms with Gasteiger partial charge in [-0.2, -0.15) is 22.5 Å². The number of urea groups is 1. The van der Waals surface area contributed by atoms with Gasteiger partial charge in [-0.05, 0) is 24.6 Å². The molecule has 1 N–H and O–H groups in total. The third kappa shape index (κ3) is 4.49. The molecule has 6 nitrogen and oxygen atoms in total. The number of carbonyl (C=O) groups excluding carboxylic acids is 1. The SMILES string of the molecule is CCc1ncnc(O[C@H]2CCN(C(=O)Nc3cccc(C(F)(F)F)c3)C2)c1F. The van der Waals surface area contributed by atoms with Crippen LogP contribution in [0.25, 0.3) is 0 Å². The zero-order chi connectivity index (χ0) is 20.3. The maximum Gasteiger partial charge on any atom is 0.416 e. The molecule has 1 aliphatic rings. The minimum atomic E-state index is -4.49. The number of rotatable bonds is 4. The molecular formula is C18H18F4N4O2. The number of carbonyl (C=O) groups is 1. The van der Waals surface area contributed by atoms with E-state index in [1.807, 2.05) is 0 Å². The van der Waals surface area contributed by atoms with Gasteiger partial charge >= 0.3 is 12.2 Å². The average Bonchev–Trinajstić information content (AvgIpc) is 3.12. The Hall–Kier alpha value is -2.91. The Balaban J connectivity index is 1.60. The van der Waals surface area contributed by atoms with Crippen LogP contribution in [0.3, 0.4) is 0 Å². The fourth-order valence-electron chi connectivity index (χ4n) is 2.86. The van der Waals surface area contributed by atoms with Gasteiger partial charge in [-0.1, -0.05) is 13.0 Å². The van der Waals surface area contributed by atoms with Crippen molar-refractivity contribution in [3.63, 3.8) is 0 Å². The fraction of sp³-hybridized carbons (Fsp3) is 0.389. The molecule has 28 heavy (non-hydrogen) atoms. The Kier molecular flexibility index (Phi) is 5.66. The summed E-state index contributed by atoms with van der Waals surface area (Å²) in [6.07, 6.45) is -2.92. The predicted octanol–water partition coefficient (Wildman–Crippen LogP) is 3.88. The molecule has 1 aromatic heterocycles. The van der Waals surface area contributed by atoms with Crippen LogP contribution in [0.1, 0.15) is 24.6 Å². The molecule has 0 unspecified atom stereocenters. The number of nitrogens with one attached hydrogen (secondary N) is 1. The van der Waals surface area contributed by atoms with Gasteiger partial charge < -0.3 is 15.0 Å². The average molecular weight is 398 g/mol. The molecule has 3 rings (SSSR count).